The quantitative estimate of drug-likeness (QED) is 0.0959. The molecule has 2 aromatic carbocycles. The maximum absolute atomic E-state index is 6.40. The summed E-state index contributed by atoms with van der Waals surface area (Å²) in [5.41, 5.74) is 5.08. The van der Waals surface area contributed by atoms with E-state index in [9.17, 15) is 0 Å². The Kier molecular flexibility index (Phi) is 10.2. The normalized spacial score (nSPS) is 11.6. The highest BCUT2D eigenvalue weighted by Gasteiger charge is 2.24. The molecule has 34 heavy (non-hydrogen) atoms. The molecule has 4 rings (SSSR count). The molecule has 0 bridgehead atoms. The van der Waals surface area contributed by atoms with Gasteiger partial charge in [-0.3, -0.25) is 0 Å². The molecule has 0 amide bonds. The zero-order valence-corrected chi connectivity index (χ0v) is 25.3. The molecular weight excluding hydrogens is 654 g/mol. The van der Waals surface area contributed by atoms with Crippen LogP contribution < -0.4 is 62.6 Å². The zero-order chi connectivity index (χ0) is 22.9. The van der Waals surface area contributed by atoms with Crippen LogP contribution in [0.5, 0.6) is 5.75 Å². The third-order valence-corrected chi connectivity index (χ3v) is 5.83. The minimum atomic E-state index is 0. The number of aromatic nitrogens is 1. The van der Waals surface area contributed by atoms with E-state index in [1.54, 1.807) is 0 Å². The first kappa shape index (κ1) is 28.9. The number of halogens is 2. The number of pyridine rings is 1. The van der Waals surface area contributed by atoms with Gasteiger partial charge in [-0.2, -0.15) is 4.57 Å². The van der Waals surface area contributed by atoms with E-state index in [1.165, 1.54) is 5.52 Å². The van der Waals surface area contributed by atoms with Crippen molar-refractivity contribution in [2.45, 2.75) is 6.42 Å². The molecule has 2 aromatic heterocycles. The number of nitrogens with zero attached hydrogens (tertiary/aromatic N) is 3. The van der Waals surface area contributed by atoms with Gasteiger partial charge < -0.3 is 71.8 Å². The van der Waals surface area contributed by atoms with Crippen molar-refractivity contribution in [3.8, 4) is 5.75 Å². The Morgan fingerprint density at radius 2 is 1.76 bits per heavy atom. The Morgan fingerprint density at radius 1 is 1.03 bits per heavy atom. The lowest BCUT2D eigenvalue weighted by molar-refractivity contribution is -0.870. The van der Waals surface area contributed by atoms with E-state index in [4.69, 9.17) is 9.15 Å². The highest BCUT2D eigenvalue weighted by molar-refractivity contribution is 6.11. The second-order valence-electron chi connectivity index (χ2n) is 9.83. The second kappa shape index (κ2) is 12.0. The molecule has 186 valence electrons. The fraction of sp³-hybridized carbons (Fsp3) is 0.423. The number of hydrogen-bond donors (Lipinski definition) is 1. The number of quaternary nitrogens is 1. The van der Waals surface area contributed by atoms with Gasteiger partial charge >= 0.3 is 0 Å². The smallest absolute Gasteiger partial charge is 0.261 e. The van der Waals surface area contributed by atoms with Gasteiger partial charge in [0.25, 0.3) is 5.52 Å². The summed E-state index contributed by atoms with van der Waals surface area (Å²) >= 11 is 0. The number of aryl methyl sites for hydroxylation is 1. The van der Waals surface area contributed by atoms with Crippen LogP contribution in [-0.2, 0) is 7.05 Å². The molecule has 0 saturated heterocycles. The van der Waals surface area contributed by atoms with E-state index in [2.05, 4.69) is 87.4 Å². The number of benzene rings is 2. The van der Waals surface area contributed by atoms with Gasteiger partial charge in [0.1, 0.15) is 18.4 Å². The van der Waals surface area contributed by atoms with Gasteiger partial charge in [-0.25, -0.2) is 0 Å². The second-order valence-corrected chi connectivity index (χ2v) is 9.83. The molecule has 0 radical (unpaired) electrons. The first-order valence-electron chi connectivity index (χ1n) is 11.3. The van der Waals surface area contributed by atoms with E-state index in [0.717, 1.165) is 69.4 Å². The Labute approximate surface area is 236 Å². The maximum Gasteiger partial charge on any atom is 0.261 e. The Morgan fingerprint density at radius 3 is 2.47 bits per heavy atom. The van der Waals surface area contributed by atoms with E-state index in [1.807, 2.05) is 12.1 Å². The Bertz CT molecular complexity index is 1250. The van der Waals surface area contributed by atoms with Gasteiger partial charge in [0.15, 0.2) is 0 Å². The minimum absolute atomic E-state index is 0. The molecule has 1 N–H and O–H groups in total. The van der Waals surface area contributed by atoms with Gasteiger partial charge in [0.05, 0.1) is 50.8 Å². The van der Waals surface area contributed by atoms with Gasteiger partial charge in [-0.05, 0) is 38.4 Å². The summed E-state index contributed by atoms with van der Waals surface area (Å²) in [5, 5.41) is 5.88. The van der Waals surface area contributed by atoms with E-state index in [0.29, 0.717) is 6.61 Å². The van der Waals surface area contributed by atoms with Crippen molar-refractivity contribution in [2.24, 2.45) is 7.05 Å². The predicted octanol–water partition coefficient (Wildman–Crippen LogP) is -1.98. The van der Waals surface area contributed by atoms with Crippen LogP contribution in [0.25, 0.3) is 33.0 Å². The van der Waals surface area contributed by atoms with Crippen LogP contribution in [0, 0.1) is 0 Å². The summed E-state index contributed by atoms with van der Waals surface area (Å²) in [6, 6.07) is 14.6. The van der Waals surface area contributed by atoms with Crippen LogP contribution in [0.1, 0.15) is 6.42 Å². The van der Waals surface area contributed by atoms with Crippen molar-refractivity contribution >= 4 is 38.7 Å². The summed E-state index contributed by atoms with van der Waals surface area (Å²) in [4.78, 5) is 2.18. The molecule has 0 fully saturated rings. The zero-order valence-electron chi connectivity index (χ0n) is 21.0. The minimum Gasteiger partial charge on any atom is -1.00 e. The third-order valence-electron chi connectivity index (χ3n) is 5.83. The molecule has 0 spiro atoms. The lowest BCUT2D eigenvalue weighted by Gasteiger charge is -2.23. The number of furan rings is 1. The summed E-state index contributed by atoms with van der Waals surface area (Å²) in [6.45, 7) is 3.59. The number of para-hydroxylation sites is 1. The average molecular weight is 690 g/mol. The Balaban J connectivity index is 0.00000204. The van der Waals surface area contributed by atoms with Crippen molar-refractivity contribution in [1.29, 1.82) is 0 Å². The van der Waals surface area contributed by atoms with Crippen LogP contribution in [0.3, 0.4) is 0 Å². The summed E-state index contributed by atoms with van der Waals surface area (Å²) in [6.07, 6.45) is 1.02. The fourth-order valence-electron chi connectivity index (χ4n) is 4.19. The lowest BCUT2D eigenvalue weighted by atomic mass is 10.1. The first-order chi connectivity index (χ1) is 15.2. The molecule has 8 heteroatoms. The average Bonchev–Trinajstić information content (AvgIpc) is 3.11. The van der Waals surface area contributed by atoms with Gasteiger partial charge in [-0.1, -0.05) is 12.1 Å². The van der Waals surface area contributed by atoms with Crippen molar-refractivity contribution < 1.29 is 66.2 Å². The molecule has 0 unspecified atom stereocenters. The number of ether oxygens (including phenoxy) is 1. The Hall–Kier alpha value is -1.37. The molecule has 0 aliphatic heterocycles. The van der Waals surface area contributed by atoms with E-state index >= 15 is 0 Å². The topological polar surface area (TPSA) is 41.5 Å². The molecule has 0 atom stereocenters. The van der Waals surface area contributed by atoms with Gasteiger partial charge in [0.2, 0.25) is 11.1 Å². The summed E-state index contributed by atoms with van der Waals surface area (Å²) in [7, 11) is 12.9. The van der Waals surface area contributed by atoms with Crippen LogP contribution in [0.4, 0.5) is 5.69 Å². The van der Waals surface area contributed by atoms with E-state index < -0.39 is 0 Å². The molecule has 2 heterocycles. The van der Waals surface area contributed by atoms with Gasteiger partial charge in [-0.15, -0.1) is 0 Å². The first-order valence-corrected chi connectivity index (χ1v) is 11.3. The molecule has 0 aliphatic carbocycles. The van der Waals surface area contributed by atoms with Crippen molar-refractivity contribution in [1.82, 2.24) is 4.90 Å². The maximum atomic E-state index is 6.40. The van der Waals surface area contributed by atoms with Crippen LogP contribution in [0.15, 0.2) is 46.9 Å². The molecule has 0 aliphatic rings. The van der Waals surface area contributed by atoms with Crippen molar-refractivity contribution in [3.63, 3.8) is 0 Å². The monoisotopic (exact) mass is 690 g/mol. The highest BCUT2D eigenvalue weighted by Crippen LogP contribution is 2.37. The number of fused-ring (bicyclic) bond motifs is 4. The van der Waals surface area contributed by atoms with Crippen LogP contribution >= 0.6 is 0 Å². The molecule has 6 nitrogen and oxygen atoms in total. The SMILES string of the molecule is CN(C)CCNc1c2ccccc2[n+](C)c2c1oc1ccc(OCCC[N+](C)(C)C)cc12.[I-].[I-]. The van der Waals surface area contributed by atoms with Crippen molar-refractivity contribution in [2.75, 3.05) is 66.8 Å². The number of nitrogens with one attached hydrogen (secondary N) is 1. The standard InChI is InChI=1S/C26H35N4O2.2HI/c1-28(2)15-14-27-24-20-10-7-8-11-22(20)29(3)25-21-18-19(12-13-23(21)32-26(24)25)31-17-9-16-30(4,5)6;;/h7-8,10-13,18H,9,14-17H2,1-6H3;2*1H/q+1;;/p-1. The number of likely N-dealkylation sites (N-methyl/N-ethyl adjacent to an activating group) is 1. The molecule has 0 saturated carbocycles. The predicted molar refractivity (Wildman–Crippen MR) is 132 cm³/mol. The fourth-order valence-corrected chi connectivity index (χ4v) is 4.19. The number of hydrogen-bond acceptors (Lipinski definition) is 4. The number of anilines is 1. The van der Waals surface area contributed by atoms with Crippen LogP contribution in [-0.4, -0.2) is 70.9 Å². The largest absolute Gasteiger partial charge is 1.00 e. The van der Waals surface area contributed by atoms with Crippen molar-refractivity contribution in [3.05, 3.63) is 42.5 Å². The molecular formula is C26H36I2N4O2. The lowest BCUT2D eigenvalue weighted by Crippen LogP contribution is -3.00. The summed E-state index contributed by atoms with van der Waals surface area (Å²) < 4.78 is 15.7. The third kappa shape index (κ3) is 6.44. The summed E-state index contributed by atoms with van der Waals surface area (Å²) in [5.74, 6) is 0.886. The molecule has 4 aromatic rings. The van der Waals surface area contributed by atoms with Crippen LogP contribution in [0.2, 0.25) is 0 Å². The van der Waals surface area contributed by atoms with Gasteiger partial charge in [0, 0.05) is 25.6 Å². The van der Waals surface area contributed by atoms with E-state index in [-0.39, 0.29) is 48.0 Å². The number of rotatable bonds is 9. The highest BCUT2D eigenvalue weighted by atomic mass is 127.